The van der Waals surface area contributed by atoms with Crippen molar-refractivity contribution in [1.82, 2.24) is 9.97 Å². The van der Waals surface area contributed by atoms with Crippen molar-refractivity contribution in [2.45, 2.75) is 19.4 Å². The molecule has 1 unspecified atom stereocenters. The molecular formula is C17H19N3O3. The molecule has 0 aromatic carbocycles. The second-order valence-corrected chi connectivity index (χ2v) is 5.46. The molecule has 0 aliphatic carbocycles. The van der Waals surface area contributed by atoms with Crippen molar-refractivity contribution in [3.63, 3.8) is 0 Å². The number of anilines is 1. The van der Waals surface area contributed by atoms with Gasteiger partial charge in [-0.2, -0.15) is 0 Å². The molecule has 1 aliphatic rings. The number of rotatable bonds is 4. The Hall–Kier alpha value is -2.63. The predicted octanol–water partition coefficient (Wildman–Crippen LogP) is 2.23. The van der Waals surface area contributed by atoms with Gasteiger partial charge in [0.1, 0.15) is 17.7 Å². The molecule has 1 saturated heterocycles. The normalized spacial score (nSPS) is 17.1. The van der Waals surface area contributed by atoms with Crippen molar-refractivity contribution >= 4 is 11.8 Å². The second kappa shape index (κ2) is 6.64. The van der Waals surface area contributed by atoms with Crippen molar-refractivity contribution in [2.24, 2.45) is 0 Å². The van der Waals surface area contributed by atoms with E-state index in [1.807, 2.05) is 25.1 Å². The van der Waals surface area contributed by atoms with E-state index in [1.54, 1.807) is 18.5 Å². The minimum absolute atomic E-state index is 0.113. The van der Waals surface area contributed by atoms with Gasteiger partial charge in [0, 0.05) is 19.2 Å². The molecule has 6 nitrogen and oxygen atoms in total. The summed E-state index contributed by atoms with van der Waals surface area (Å²) in [6.45, 7) is 3.45. The summed E-state index contributed by atoms with van der Waals surface area (Å²) in [4.78, 5) is 22.4. The lowest BCUT2D eigenvalue weighted by Gasteiger charge is -2.19. The highest BCUT2D eigenvalue weighted by molar-refractivity contribution is 5.90. The van der Waals surface area contributed by atoms with E-state index in [4.69, 9.17) is 9.47 Å². The van der Waals surface area contributed by atoms with Gasteiger partial charge in [0.05, 0.1) is 31.1 Å². The summed E-state index contributed by atoms with van der Waals surface area (Å²) in [5.74, 6) is 1.28. The van der Waals surface area contributed by atoms with Crippen molar-refractivity contribution < 1.29 is 14.3 Å². The van der Waals surface area contributed by atoms with Crippen LogP contribution in [0.2, 0.25) is 0 Å². The molecule has 0 spiro atoms. The summed E-state index contributed by atoms with van der Waals surface area (Å²) < 4.78 is 10.7. The third-order valence-electron chi connectivity index (χ3n) is 3.88. The summed E-state index contributed by atoms with van der Waals surface area (Å²) in [5, 5.41) is 0. The van der Waals surface area contributed by atoms with Crippen LogP contribution in [-0.4, -0.2) is 42.2 Å². The van der Waals surface area contributed by atoms with Gasteiger partial charge in [-0.1, -0.05) is 0 Å². The first-order valence-electron chi connectivity index (χ1n) is 7.55. The number of aromatic nitrogens is 2. The van der Waals surface area contributed by atoms with E-state index in [0.29, 0.717) is 11.3 Å². The zero-order valence-corrected chi connectivity index (χ0v) is 13.2. The van der Waals surface area contributed by atoms with Gasteiger partial charge < -0.3 is 14.4 Å². The van der Waals surface area contributed by atoms with Crippen LogP contribution in [0.4, 0.5) is 5.82 Å². The first-order valence-corrected chi connectivity index (χ1v) is 7.55. The number of carbonyl (C=O) groups is 1. The summed E-state index contributed by atoms with van der Waals surface area (Å²) in [5.41, 5.74) is 1.17. The quantitative estimate of drug-likeness (QED) is 0.807. The van der Waals surface area contributed by atoms with Gasteiger partial charge in [-0.25, -0.2) is 9.78 Å². The van der Waals surface area contributed by atoms with Crippen LogP contribution in [0.25, 0.3) is 0 Å². The number of hydrogen-bond donors (Lipinski definition) is 0. The summed E-state index contributed by atoms with van der Waals surface area (Å²) in [6, 6.07) is 7.38. The van der Waals surface area contributed by atoms with Crippen LogP contribution in [0, 0.1) is 6.92 Å². The molecule has 0 bridgehead atoms. The van der Waals surface area contributed by atoms with Crippen molar-refractivity contribution in [1.29, 1.82) is 0 Å². The van der Waals surface area contributed by atoms with Crippen LogP contribution in [0.5, 0.6) is 5.75 Å². The molecule has 0 amide bonds. The minimum Gasteiger partial charge on any atom is -0.487 e. The van der Waals surface area contributed by atoms with Crippen molar-refractivity contribution in [3.8, 4) is 5.75 Å². The molecule has 1 atom stereocenters. The number of nitrogens with zero attached hydrogens (tertiary/aromatic N) is 3. The highest BCUT2D eigenvalue weighted by atomic mass is 16.5. The van der Waals surface area contributed by atoms with Crippen LogP contribution in [0.15, 0.2) is 36.7 Å². The second-order valence-electron chi connectivity index (χ2n) is 5.46. The average Bonchev–Trinajstić information content (AvgIpc) is 3.03. The van der Waals surface area contributed by atoms with Gasteiger partial charge in [0.2, 0.25) is 0 Å². The van der Waals surface area contributed by atoms with Gasteiger partial charge in [0.25, 0.3) is 0 Å². The lowest BCUT2D eigenvalue weighted by atomic mass is 10.2. The molecule has 1 aliphatic heterocycles. The largest absolute Gasteiger partial charge is 0.487 e. The maximum Gasteiger partial charge on any atom is 0.339 e. The van der Waals surface area contributed by atoms with E-state index >= 15 is 0 Å². The molecule has 0 saturated carbocycles. The first-order chi connectivity index (χ1) is 11.2. The SMILES string of the molecule is COC(=O)c1ccc(N2CCC(Oc3cccnc3)C2)nc1C. The van der Waals surface area contributed by atoms with E-state index in [-0.39, 0.29) is 12.1 Å². The molecule has 23 heavy (non-hydrogen) atoms. The first kappa shape index (κ1) is 15.3. The number of pyridine rings is 2. The zero-order valence-electron chi connectivity index (χ0n) is 13.2. The van der Waals surface area contributed by atoms with Crippen LogP contribution >= 0.6 is 0 Å². The van der Waals surface area contributed by atoms with E-state index in [1.165, 1.54) is 7.11 Å². The maximum absolute atomic E-state index is 11.6. The van der Waals surface area contributed by atoms with Gasteiger partial charge in [0.15, 0.2) is 0 Å². The smallest absolute Gasteiger partial charge is 0.339 e. The highest BCUT2D eigenvalue weighted by Crippen LogP contribution is 2.23. The Labute approximate surface area is 135 Å². The maximum atomic E-state index is 11.6. The monoisotopic (exact) mass is 313 g/mol. The molecule has 1 fully saturated rings. The summed E-state index contributed by atoms with van der Waals surface area (Å²) >= 11 is 0. The molecule has 120 valence electrons. The fourth-order valence-electron chi connectivity index (χ4n) is 2.69. The van der Waals surface area contributed by atoms with E-state index in [9.17, 15) is 4.79 Å². The molecule has 2 aromatic rings. The van der Waals surface area contributed by atoms with Gasteiger partial charge in [-0.3, -0.25) is 4.98 Å². The Morgan fingerprint density at radius 1 is 1.35 bits per heavy atom. The van der Waals surface area contributed by atoms with Crippen molar-refractivity contribution in [2.75, 3.05) is 25.1 Å². The summed E-state index contributed by atoms with van der Waals surface area (Å²) in [6.07, 6.45) is 4.48. The Bertz CT molecular complexity index is 691. The molecule has 6 heteroatoms. The minimum atomic E-state index is -0.360. The molecule has 0 radical (unpaired) electrons. The van der Waals surface area contributed by atoms with E-state index in [0.717, 1.165) is 31.1 Å². The van der Waals surface area contributed by atoms with E-state index < -0.39 is 0 Å². The fraction of sp³-hybridized carbons (Fsp3) is 0.353. The Morgan fingerprint density at radius 3 is 2.91 bits per heavy atom. The fourth-order valence-corrected chi connectivity index (χ4v) is 2.69. The Morgan fingerprint density at radius 2 is 2.22 bits per heavy atom. The number of esters is 1. The number of carbonyl (C=O) groups excluding carboxylic acids is 1. The molecule has 2 aromatic heterocycles. The lowest BCUT2D eigenvalue weighted by Crippen LogP contribution is -2.25. The molecule has 3 heterocycles. The van der Waals surface area contributed by atoms with Crippen LogP contribution < -0.4 is 9.64 Å². The van der Waals surface area contributed by atoms with Crippen LogP contribution in [0.1, 0.15) is 22.5 Å². The number of hydrogen-bond acceptors (Lipinski definition) is 6. The number of ether oxygens (including phenoxy) is 2. The lowest BCUT2D eigenvalue weighted by molar-refractivity contribution is 0.0599. The van der Waals surface area contributed by atoms with Gasteiger partial charge in [-0.05, 0) is 31.2 Å². The third kappa shape index (κ3) is 3.41. The number of methoxy groups -OCH3 is 1. The predicted molar refractivity (Wildman–Crippen MR) is 85.8 cm³/mol. The number of aryl methyl sites for hydroxylation is 1. The Kier molecular flexibility index (Phi) is 4.41. The van der Waals surface area contributed by atoms with E-state index in [2.05, 4.69) is 14.9 Å². The van der Waals surface area contributed by atoms with Crippen LogP contribution in [0.3, 0.4) is 0 Å². The van der Waals surface area contributed by atoms with Gasteiger partial charge >= 0.3 is 5.97 Å². The highest BCUT2D eigenvalue weighted by Gasteiger charge is 2.25. The standard InChI is InChI=1S/C17H19N3O3/c1-12-15(17(21)22-2)5-6-16(19-12)20-9-7-14(11-20)23-13-4-3-8-18-10-13/h3-6,8,10,14H,7,9,11H2,1-2H3. The topological polar surface area (TPSA) is 64.5 Å². The van der Waals surface area contributed by atoms with Crippen molar-refractivity contribution in [3.05, 3.63) is 47.9 Å². The third-order valence-corrected chi connectivity index (χ3v) is 3.88. The van der Waals surface area contributed by atoms with Crippen LogP contribution in [-0.2, 0) is 4.74 Å². The molecule has 0 N–H and O–H groups in total. The molecular weight excluding hydrogens is 294 g/mol. The van der Waals surface area contributed by atoms with Gasteiger partial charge in [-0.15, -0.1) is 0 Å². The summed E-state index contributed by atoms with van der Waals surface area (Å²) in [7, 11) is 1.37. The zero-order chi connectivity index (χ0) is 16.2. The average molecular weight is 313 g/mol. The molecule has 3 rings (SSSR count). The Balaban J connectivity index is 1.67.